The van der Waals surface area contributed by atoms with Gasteiger partial charge in [0.15, 0.2) is 46.0 Å². The summed E-state index contributed by atoms with van der Waals surface area (Å²) in [6.07, 6.45) is 2.36. The van der Waals surface area contributed by atoms with Gasteiger partial charge in [0.25, 0.3) is 0 Å². The van der Waals surface area contributed by atoms with Gasteiger partial charge in [0.2, 0.25) is 11.8 Å². The maximum absolute atomic E-state index is 15.4. The first-order valence-electron chi connectivity index (χ1n) is 20.0. The Morgan fingerprint density at radius 2 is 1.03 bits per heavy atom. The summed E-state index contributed by atoms with van der Waals surface area (Å²) >= 11 is 0. The quantitative estimate of drug-likeness (QED) is 0.127. The van der Waals surface area contributed by atoms with Crippen LogP contribution in [-0.2, 0) is 54.6 Å². The number of amides is 2. The van der Waals surface area contributed by atoms with Crippen molar-refractivity contribution in [2.24, 2.45) is 0 Å². The van der Waals surface area contributed by atoms with Crippen LogP contribution >= 0.6 is 0 Å². The molecule has 0 bridgehead atoms. The number of carbonyl (C=O) groups is 4. The summed E-state index contributed by atoms with van der Waals surface area (Å²) in [5.41, 5.74) is 4.71. The lowest BCUT2D eigenvalue weighted by Crippen LogP contribution is -2.51. The van der Waals surface area contributed by atoms with Crippen LogP contribution in [0.4, 0.5) is 0 Å². The van der Waals surface area contributed by atoms with Crippen LogP contribution in [0.3, 0.4) is 0 Å². The van der Waals surface area contributed by atoms with E-state index >= 15 is 4.79 Å². The molecular weight excluding hydrogens is 817 g/mol. The fourth-order valence-corrected chi connectivity index (χ4v) is 8.59. The van der Waals surface area contributed by atoms with Gasteiger partial charge in [-0.15, -0.1) is 0 Å². The van der Waals surface area contributed by atoms with E-state index in [4.69, 9.17) is 47.4 Å². The Labute approximate surface area is 365 Å². The second-order valence-corrected chi connectivity index (χ2v) is 15.0. The van der Waals surface area contributed by atoms with Crippen LogP contribution in [0.5, 0.6) is 46.0 Å². The minimum Gasteiger partial charge on any atom is -0.493 e. The van der Waals surface area contributed by atoms with Gasteiger partial charge in [-0.25, -0.2) is 9.59 Å². The van der Waals surface area contributed by atoms with Crippen LogP contribution in [0.15, 0.2) is 60.7 Å². The fraction of sp³-hybridized carbons (Fsp3) is 0.362. The summed E-state index contributed by atoms with van der Waals surface area (Å²) in [6.45, 7) is 0.144. The molecule has 4 aromatic rings. The normalized spacial score (nSPS) is 18.6. The molecule has 63 heavy (non-hydrogen) atoms. The van der Waals surface area contributed by atoms with Crippen molar-refractivity contribution in [3.05, 3.63) is 99.6 Å². The summed E-state index contributed by atoms with van der Waals surface area (Å²) in [6, 6.07) is 14.0. The van der Waals surface area contributed by atoms with Gasteiger partial charge in [0.05, 0.1) is 64.0 Å². The smallest absolute Gasteiger partial charge is 0.328 e. The molecule has 0 fully saturated rings. The lowest BCUT2D eigenvalue weighted by atomic mass is 9.86. The molecule has 0 aliphatic carbocycles. The van der Waals surface area contributed by atoms with Crippen molar-refractivity contribution in [3.8, 4) is 46.0 Å². The molecule has 4 aromatic carbocycles. The number of rotatable bonds is 13. The first-order valence-corrected chi connectivity index (χ1v) is 20.0. The summed E-state index contributed by atoms with van der Waals surface area (Å²) in [7, 11) is 13.2. The van der Waals surface area contributed by atoms with E-state index in [0.717, 1.165) is 22.3 Å². The minimum absolute atomic E-state index is 0.0446. The van der Waals surface area contributed by atoms with Crippen molar-refractivity contribution in [1.29, 1.82) is 0 Å². The van der Waals surface area contributed by atoms with Gasteiger partial charge in [0, 0.05) is 37.6 Å². The van der Waals surface area contributed by atoms with E-state index < -0.39 is 47.9 Å². The average Bonchev–Trinajstić information content (AvgIpc) is 3.71. The molecule has 4 unspecified atom stereocenters. The van der Waals surface area contributed by atoms with Gasteiger partial charge in [0.1, 0.15) is 24.1 Å². The van der Waals surface area contributed by atoms with Gasteiger partial charge in [-0.05, 0) is 88.0 Å². The van der Waals surface area contributed by atoms with Crippen LogP contribution in [0.25, 0.3) is 6.08 Å². The molecule has 0 aromatic heterocycles. The number of hydrogen-bond acceptors (Lipinski definition) is 14. The predicted octanol–water partition coefficient (Wildman–Crippen LogP) is 5.23. The Bertz CT molecular complexity index is 2460. The molecule has 0 saturated heterocycles. The average molecular weight is 867 g/mol. The fourth-order valence-electron chi connectivity index (χ4n) is 8.59. The topological polar surface area (TPSA) is 167 Å². The van der Waals surface area contributed by atoms with Crippen molar-refractivity contribution in [1.82, 2.24) is 9.80 Å². The number of fused-ring (bicyclic) bond motifs is 3. The lowest BCUT2D eigenvalue weighted by Gasteiger charge is -2.37. The number of methoxy groups -OCH3 is 9. The van der Waals surface area contributed by atoms with Crippen molar-refractivity contribution >= 4 is 29.8 Å². The molecule has 3 heterocycles. The second-order valence-electron chi connectivity index (χ2n) is 15.0. The van der Waals surface area contributed by atoms with E-state index in [-0.39, 0.29) is 25.9 Å². The van der Waals surface area contributed by atoms with E-state index in [9.17, 15) is 14.4 Å². The van der Waals surface area contributed by atoms with Crippen molar-refractivity contribution in [2.75, 3.05) is 64.0 Å². The van der Waals surface area contributed by atoms with E-state index in [1.165, 1.54) is 79.9 Å². The van der Waals surface area contributed by atoms with Crippen molar-refractivity contribution < 1.29 is 66.5 Å². The number of nitrogens with zero attached hydrogens (tertiary/aromatic N) is 2. The van der Waals surface area contributed by atoms with Crippen LogP contribution in [0, 0.1) is 0 Å². The molecule has 7 rings (SSSR count). The number of esters is 2. The number of carbonyl (C=O) groups excluding carboxylic acids is 4. The zero-order valence-electron chi connectivity index (χ0n) is 36.6. The van der Waals surface area contributed by atoms with Gasteiger partial charge in [-0.2, -0.15) is 0 Å². The van der Waals surface area contributed by atoms with Crippen molar-refractivity contribution in [3.63, 3.8) is 0 Å². The zero-order valence-corrected chi connectivity index (χ0v) is 36.6. The van der Waals surface area contributed by atoms with E-state index in [1.807, 2.05) is 0 Å². The molecule has 3 aliphatic rings. The summed E-state index contributed by atoms with van der Waals surface area (Å²) in [5.74, 6) is 0.356. The number of ether oxygens (including phenoxy) is 10. The highest BCUT2D eigenvalue weighted by molar-refractivity contribution is 5.96. The highest BCUT2D eigenvalue weighted by Crippen LogP contribution is 2.53. The maximum Gasteiger partial charge on any atom is 0.328 e. The summed E-state index contributed by atoms with van der Waals surface area (Å²) < 4.78 is 56.2. The largest absolute Gasteiger partial charge is 0.493 e. The van der Waals surface area contributed by atoms with Gasteiger partial charge in [-0.3, -0.25) is 9.59 Å². The van der Waals surface area contributed by atoms with Gasteiger partial charge >= 0.3 is 11.9 Å². The van der Waals surface area contributed by atoms with Crippen molar-refractivity contribution in [2.45, 2.75) is 50.0 Å². The highest BCUT2D eigenvalue weighted by Gasteiger charge is 2.48. The highest BCUT2D eigenvalue weighted by atomic mass is 16.5. The molecule has 332 valence electrons. The number of benzene rings is 4. The Morgan fingerprint density at radius 1 is 0.556 bits per heavy atom. The molecule has 0 saturated carbocycles. The SMILES string of the molecule is COC(=O)C1Cc2cc(OC)c(OC)cc2CN1C(=O)/C=C/c1cc(OC)c2c(c1)C(C(=O)N1Cc3cc(OC)c(OC)cc3CC1C(=O)OC)C(c1ccc(OC)c(OC)c1)O2. The summed E-state index contributed by atoms with van der Waals surface area (Å²) in [4.78, 5) is 59.1. The Balaban J connectivity index is 1.30. The molecule has 2 amide bonds. The third-order valence-corrected chi connectivity index (χ3v) is 11.8. The third-order valence-electron chi connectivity index (χ3n) is 11.8. The molecule has 16 nitrogen and oxygen atoms in total. The second kappa shape index (κ2) is 18.5. The molecule has 3 aliphatic heterocycles. The minimum atomic E-state index is -1.04. The Morgan fingerprint density at radius 3 is 1.54 bits per heavy atom. The molecular formula is C47H50N2O14. The number of hydrogen-bond donors (Lipinski definition) is 0. The molecule has 0 N–H and O–H groups in total. The Hall–Kier alpha value is -7.10. The summed E-state index contributed by atoms with van der Waals surface area (Å²) in [5, 5.41) is 0. The van der Waals surface area contributed by atoms with Gasteiger partial charge in [-0.1, -0.05) is 6.07 Å². The Kier molecular flexibility index (Phi) is 12.9. The lowest BCUT2D eigenvalue weighted by molar-refractivity contribution is -0.155. The van der Waals surface area contributed by atoms with Crippen LogP contribution in [0.1, 0.15) is 51.0 Å². The monoisotopic (exact) mass is 866 g/mol. The van der Waals surface area contributed by atoms with E-state index in [0.29, 0.717) is 62.7 Å². The van der Waals surface area contributed by atoms with E-state index in [2.05, 4.69) is 0 Å². The molecule has 0 spiro atoms. The first kappa shape index (κ1) is 44.0. The molecule has 4 atom stereocenters. The zero-order chi connectivity index (χ0) is 45.1. The molecule has 0 radical (unpaired) electrons. The predicted molar refractivity (Wildman–Crippen MR) is 227 cm³/mol. The van der Waals surface area contributed by atoms with Crippen LogP contribution in [0.2, 0.25) is 0 Å². The van der Waals surface area contributed by atoms with Crippen LogP contribution in [-0.4, -0.2) is 110 Å². The van der Waals surface area contributed by atoms with Gasteiger partial charge < -0.3 is 57.2 Å². The van der Waals surface area contributed by atoms with E-state index in [1.54, 1.807) is 60.7 Å². The standard InChI is InChI=1S/C47H50N2O14/c1-54-34-12-11-26(18-35(34)55-2)43-42(45(51)49-24-30-22-39(59-6)37(57-4)20-28(30)17-33(49)47(53)62-9)31-14-25(15-40(60-7)44(31)63-43)10-13-41(50)48-23-29-21-38(58-5)36(56-3)19-27(29)16-32(48)46(52)61-8/h10-15,18-22,32-33,42-43H,16-17,23-24H2,1-9H3/b13-10+. The van der Waals surface area contributed by atoms with Crippen LogP contribution < -0.4 is 37.9 Å². The molecule has 16 heteroatoms. The maximum atomic E-state index is 15.4. The first-order chi connectivity index (χ1) is 30.4. The third kappa shape index (κ3) is 8.20.